The van der Waals surface area contributed by atoms with Crippen LogP contribution in [-0.4, -0.2) is 11.0 Å². The number of carbonyl (C=O) groups excluding carboxylic acids is 1. The molecule has 0 aliphatic carbocycles. The lowest BCUT2D eigenvalue weighted by atomic mass is 10.0. The van der Waals surface area contributed by atoms with Crippen molar-refractivity contribution in [1.29, 1.82) is 0 Å². The molecule has 0 heterocycles. The summed E-state index contributed by atoms with van der Waals surface area (Å²) in [6, 6.07) is 14.8. The summed E-state index contributed by atoms with van der Waals surface area (Å²) < 4.78 is 0. The first-order valence-electron chi connectivity index (χ1n) is 5.76. The van der Waals surface area contributed by atoms with Gasteiger partial charge in [-0.3, -0.25) is 4.79 Å². The van der Waals surface area contributed by atoms with E-state index in [1.54, 1.807) is 19.1 Å². The Morgan fingerprint density at radius 3 is 1.83 bits per heavy atom. The highest BCUT2D eigenvalue weighted by molar-refractivity contribution is 5.93. The van der Waals surface area contributed by atoms with Gasteiger partial charge in [-0.2, -0.15) is 0 Å². The highest BCUT2D eigenvalue weighted by Crippen LogP contribution is 2.22. The van der Waals surface area contributed by atoms with Crippen molar-refractivity contribution in [1.82, 2.24) is 0 Å². The van der Waals surface area contributed by atoms with Crippen molar-refractivity contribution in [3.8, 4) is 11.1 Å². The Morgan fingerprint density at radius 2 is 1.44 bits per heavy atom. The Hall–Kier alpha value is -2.13. The number of benzene rings is 2. The van der Waals surface area contributed by atoms with E-state index in [4.69, 9.17) is 5.73 Å². The molecule has 2 aromatic rings. The van der Waals surface area contributed by atoms with Gasteiger partial charge in [-0.25, -0.2) is 0 Å². The SMILES string of the molecule is C[C@H](O)c1ccc(-c2ccc(C(N)=O)cc2)cc1. The van der Waals surface area contributed by atoms with E-state index in [0.717, 1.165) is 16.7 Å². The van der Waals surface area contributed by atoms with Crippen LogP contribution in [0.5, 0.6) is 0 Å². The molecule has 0 fully saturated rings. The molecule has 0 spiro atoms. The lowest BCUT2D eigenvalue weighted by molar-refractivity contribution is 0.100. The van der Waals surface area contributed by atoms with E-state index in [-0.39, 0.29) is 0 Å². The van der Waals surface area contributed by atoms with Crippen LogP contribution >= 0.6 is 0 Å². The van der Waals surface area contributed by atoms with Gasteiger partial charge in [0.05, 0.1) is 6.10 Å². The molecule has 0 aliphatic heterocycles. The number of hydrogen-bond donors (Lipinski definition) is 2. The first kappa shape index (κ1) is 12.3. The summed E-state index contributed by atoms with van der Waals surface area (Å²) >= 11 is 0. The molecule has 0 bridgehead atoms. The molecule has 0 aromatic heterocycles. The molecule has 0 saturated carbocycles. The molecule has 0 saturated heterocycles. The molecule has 2 rings (SSSR count). The number of carbonyl (C=O) groups is 1. The molecule has 18 heavy (non-hydrogen) atoms. The molecule has 3 nitrogen and oxygen atoms in total. The number of aliphatic hydroxyl groups is 1. The van der Waals surface area contributed by atoms with Gasteiger partial charge in [0.2, 0.25) is 5.91 Å². The number of primary amides is 1. The van der Waals surface area contributed by atoms with Crippen LogP contribution in [0.1, 0.15) is 28.9 Å². The highest BCUT2D eigenvalue weighted by atomic mass is 16.3. The van der Waals surface area contributed by atoms with E-state index in [1.165, 1.54) is 0 Å². The Balaban J connectivity index is 2.28. The van der Waals surface area contributed by atoms with Crippen molar-refractivity contribution in [3.05, 3.63) is 59.7 Å². The van der Waals surface area contributed by atoms with Crippen LogP contribution in [0, 0.1) is 0 Å². The second kappa shape index (κ2) is 5.02. The van der Waals surface area contributed by atoms with Gasteiger partial charge in [-0.05, 0) is 35.7 Å². The number of aliphatic hydroxyl groups excluding tert-OH is 1. The zero-order chi connectivity index (χ0) is 13.1. The van der Waals surface area contributed by atoms with Gasteiger partial charge >= 0.3 is 0 Å². The third kappa shape index (κ3) is 2.57. The Labute approximate surface area is 106 Å². The average Bonchev–Trinajstić information content (AvgIpc) is 2.39. The predicted molar refractivity (Wildman–Crippen MR) is 71.0 cm³/mol. The maximum absolute atomic E-state index is 11.0. The fourth-order valence-electron chi connectivity index (χ4n) is 1.78. The topological polar surface area (TPSA) is 63.3 Å². The lowest BCUT2D eigenvalue weighted by Gasteiger charge is -2.07. The van der Waals surface area contributed by atoms with Gasteiger partial charge in [0.25, 0.3) is 0 Å². The smallest absolute Gasteiger partial charge is 0.248 e. The van der Waals surface area contributed by atoms with Crippen molar-refractivity contribution in [2.45, 2.75) is 13.0 Å². The van der Waals surface area contributed by atoms with Crippen LogP contribution in [0.15, 0.2) is 48.5 Å². The summed E-state index contributed by atoms with van der Waals surface area (Å²) in [6.07, 6.45) is -0.462. The van der Waals surface area contributed by atoms with Gasteiger partial charge in [0, 0.05) is 5.56 Å². The number of hydrogen-bond acceptors (Lipinski definition) is 2. The fourth-order valence-corrected chi connectivity index (χ4v) is 1.78. The third-order valence-electron chi connectivity index (χ3n) is 2.90. The van der Waals surface area contributed by atoms with Crippen molar-refractivity contribution in [2.24, 2.45) is 5.73 Å². The standard InChI is InChI=1S/C15H15NO2/c1-10(17)11-2-4-12(5-3-11)13-6-8-14(9-7-13)15(16)18/h2-10,17H,1H3,(H2,16,18)/t10-/m0/s1. The van der Waals surface area contributed by atoms with Crippen LogP contribution in [0.2, 0.25) is 0 Å². The fraction of sp³-hybridized carbons (Fsp3) is 0.133. The van der Waals surface area contributed by atoms with E-state index >= 15 is 0 Å². The second-order valence-electron chi connectivity index (χ2n) is 4.24. The third-order valence-corrected chi connectivity index (χ3v) is 2.90. The minimum Gasteiger partial charge on any atom is -0.389 e. The van der Waals surface area contributed by atoms with E-state index in [0.29, 0.717) is 5.56 Å². The number of rotatable bonds is 3. The summed E-state index contributed by atoms with van der Waals surface area (Å²) in [5.74, 6) is -0.425. The summed E-state index contributed by atoms with van der Waals surface area (Å²) in [6.45, 7) is 1.73. The second-order valence-corrected chi connectivity index (χ2v) is 4.24. The van der Waals surface area contributed by atoms with E-state index in [1.807, 2.05) is 36.4 Å². The zero-order valence-electron chi connectivity index (χ0n) is 10.1. The van der Waals surface area contributed by atoms with Crippen LogP contribution in [0.3, 0.4) is 0 Å². The van der Waals surface area contributed by atoms with Gasteiger partial charge in [-0.15, -0.1) is 0 Å². The van der Waals surface area contributed by atoms with Gasteiger partial charge in [0.1, 0.15) is 0 Å². The van der Waals surface area contributed by atoms with Crippen LogP contribution < -0.4 is 5.73 Å². The van der Waals surface area contributed by atoms with E-state index < -0.39 is 12.0 Å². The maximum Gasteiger partial charge on any atom is 0.248 e. The molecule has 0 radical (unpaired) electrons. The lowest BCUT2D eigenvalue weighted by Crippen LogP contribution is -2.10. The maximum atomic E-state index is 11.0. The minimum absolute atomic E-state index is 0.425. The quantitative estimate of drug-likeness (QED) is 0.867. The monoisotopic (exact) mass is 241 g/mol. The van der Waals surface area contributed by atoms with E-state index in [9.17, 15) is 9.90 Å². The normalized spacial score (nSPS) is 12.1. The number of amides is 1. The first-order valence-corrected chi connectivity index (χ1v) is 5.76. The number of nitrogens with two attached hydrogens (primary N) is 1. The molecule has 0 unspecified atom stereocenters. The molecule has 1 amide bonds. The predicted octanol–water partition coefficient (Wildman–Crippen LogP) is 2.51. The van der Waals surface area contributed by atoms with Gasteiger partial charge in [0.15, 0.2) is 0 Å². The molecule has 2 aromatic carbocycles. The van der Waals surface area contributed by atoms with Crippen LogP contribution in [-0.2, 0) is 0 Å². The molecule has 3 N–H and O–H groups in total. The molecule has 0 aliphatic rings. The largest absolute Gasteiger partial charge is 0.389 e. The molecule has 1 atom stereocenters. The first-order chi connectivity index (χ1) is 8.58. The van der Waals surface area contributed by atoms with E-state index in [2.05, 4.69) is 0 Å². The summed E-state index contributed by atoms with van der Waals surface area (Å²) in [5, 5.41) is 9.43. The minimum atomic E-state index is -0.462. The Morgan fingerprint density at radius 1 is 1.00 bits per heavy atom. The van der Waals surface area contributed by atoms with Crippen molar-refractivity contribution >= 4 is 5.91 Å². The van der Waals surface area contributed by atoms with Crippen LogP contribution in [0.4, 0.5) is 0 Å². The van der Waals surface area contributed by atoms with Gasteiger partial charge in [-0.1, -0.05) is 36.4 Å². The highest BCUT2D eigenvalue weighted by Gasteiger charge is 2.03. The van der Waals surface area contributed by atoms with Crippen molar-refractivity contribution in [3.63, 3.8) is 0 Å². The summed E-state index contributed by atoms with van der Waals surface area (Å²) in [7, 11) is 0. The van der Waals surface area contributed by atoms with Crippen molar-refractivity contribution in [2.75, 3.05) is 0 Å². The Kier molecular flexibility index (Phi) is 3.44. The zero-order valence-corrected chi connectivity index (χ0v) is 10.1. The molecular weight excluding hydrogens is 226 g/mol. The molecule has 3 heteroatoms. The molecular formula is C15H15NO2. The van der Waals surface area contributed by atoms with Gasteiger partial charge < -0.3 is 10.8 Å². The average molecular weight is 241 g/mol. The summed E-state index contributed by atoms with van der Waals surface area (Å²) in [5.41, 5.74) is 8.62. The molecule has 92 valence electrons. The van der Waals surface area contributed by atoms with Crippen LogP contribution in [0.25, 0.3) is 11.1 Å². The summed E-state index contributed by atoms with van der Waals surface area (Å²) in [4.78, 5) is 11.0. The van der Waals surface area contributed by atoms with Crippen molar-refractivity contribution < 1.29 is 9.90 Å². The Bertz CT molecular complexity index is 542.